The summed E-state index contributed by atoms with van der Waals surface area (Å²) in [6.07, 6.45) is 0. The third-order valence-electron chi connectivity index (χ3n) is 3.48. The van der Waals surface area contributed by atoms with E-state index in [1.807, 2.05) is 30.0 Å². The van der Waals surface area contributed by atoms with E-state index >= 15 is 0 Å². The molecular formula is C16H17FN2O2. The molecule has 2 N–H and O–H groups in total. The molecule has 0 bridgehead atoms. The Morgan fingerprint density at radius 3 is 2.81 bits per heavy atom. The summed E-state index contributed by atoms with van der Waals surface area (Å²) in [6.45, 7) is 3.13. The van der Waals surface area contributed by atoms with Crippen LogP contribution >= 0.6 is 0 Å². The number of nitrogens with two attached hydrogens (primary N) is 1. The minimum atomic E-state index is -0.268. The van der Waals surface area contributed by atoms with Crippen molar-refractivity contribution in [3.05, 3.63) is 47.8 Å². The van der Waals surface area contributed by atoms with Crippen molar-refractivity contribution < 1.29 is 13.9 Å². The van der Waals surface area contributed by atoms with E-state index in [-0.39, 0.29) is 12.5 Å². The van der Waals surface area contributed by atoms with Crippen LogP contribution in [0.5, 0.6) is 11.5 Å². The van der Waals surface area contributed by atoms with E-state index < -0.39 is 0 Å². The third kappa shape index (κ3) is 2.40. The number of para-hydroxylation sites is 1. The van der Waals surface area contributed by atoms with Gasteiger partial charge in [0.25, 0.3) is 0 Å². The third-order valence-corrected chi connectivity index (χ3v) is 3.48. The molecule has 3 rings (SSSR count). The van der Waals surface area contributed by atoms with E-state index in [0.29, 0.717) is 18.8 Å². The normalized spacial score (nSPS) is 13.0. The van der Waals surface area contributed by atoms with Crippen molar-refractivity contribution in [1.82, 2.24) is 0 Å². The number of ether oxygens (including phenoxy) is 2. The maximum Gasteiger partial charge on any atom is 0.166 e. The first-order valence-corrected chi connectivity index (χ1v) is 6.83. The molecule has 0 amide bonds. The Morgan fingerprint density at radius 1 is 1.24 bits per heavy atom. The predicted octanol–water partition coefficient (Wildman–Crippen LogP) is 2.96. The molecule has 2 aromatic rings. The molecule has 0 aliphatic carbocycles. The van der Waals surface area contributed by atoms with Gasteiger partial charge in [-0.05, 0) is 31.2 Å². The smallest absolute Gasteiger partial charge is 0.166 e. The fourth-order valence-electron chi connectivity index (χ4n) is 2.45. The summed E-state index contributed by atoms with van der Waals surface area (Å²) >= 11 is 0. The van der Waals surface area contributed by atoms with Gasteiger partial charge >= 0.3 is 0 Å². The molecule has 0 aromatic heterocycles. The van der Waals surface area contributed by atoms with Gasteiger partial charge in [0, 0.05) is 12.1 Å². The number of benzene rings is 2. The Hall–Kier alpha value is -2.27. The van der Waals surface area contributed by atoms with E-state index in [1.165, 1.54) is 6.07 Å². The summed E-state index contributed by atoms with van der Waals surface area (Å²) in [5, 5.41) is 0. The lowest BCUT2D eigenvalue weighted by Crippen LogP contribution is -2.16. The van der Waals surface area contributed by atoms with Crippen LogP contribution in [-0.4, -0.2) is 19.9 Å². The highest BCUT2D eigenvalue weighted by molar-refractivity contribution is 5.75. The van der Waals surface area contributed by atoms with E-state index in [0.717, 1.165) is 22.7 Å². The van der Waals surface area contributed by atoms with Crippen LogP contribution in [0.25, 0.3) is 0 Å². The molecule has 1 aliphatic heterocycles. The van der Waals surface area contributed by atoms with Crippen LogP contribution in [0.2, 0.25) is 0 Å². The Balaban J connectivity index is 1.97. The molecule has 5 heteroatoms. The fourth-order valence-corrected chi connectivity index (χ4v) is 2.45. The topological polar surface area (TPSA) is 47.7 Å². The molecule has 0 spiro atoms. The monoisotopic (exact) mass is 288 g/mol. The molecule has 2 aromatic carbocycles. The summed E-state index contributed by atoms with van der Waals surface area (Å²) < 4.78 is 25.2. The zero-order valence-corrected chi connectivity index (χ0v) is 11.8. The van der Waals surface area contributed by atoms with Crippen LogP contribution in [0.4, 0.5) is 15.8 Å². The van der Waals surface area contributed by atoms with Crippen LogP contribution in [-0.2, 0) is 0 Å². The Morgan fingerprint density at radius 2 is 2.05 bits per heavy atom. The SMILES string of the molecule is Cc1c(OCCN)ccc2c1OCN2c1ccccc1F. The number of anilines is 2. The molecule has 0 saturated carbocycles. The van der Waals surface area contributed by atoms with Gasteiger partial charge in [0.15, 0.2) is 12.5 Å². The van der Waals surface area contributed by atoms with Gasteiger partial charge in [-0.1, -0.05) is 12.1 Å². The van der Waals surface area contributed by atoms with Crippen molar-refractivity contribution >= 4 is 11.4 Å². The molecule has 0 saturated heterocycles. The van der Waals surface area contributed by atoms with Crippen molar-refractivity contribution in [3.63, 3.8) is 0 Å². The Labute approximate surface area is 122 Å². The first-order valence-electron chi connectivity index (χ1n) is 6.83. The molecule has 110 valence electrons. The minimum absolute atomic E-state index is 0.268. The molecule has 4 nitrogen and oxygen atoms in total. The average Bonchev–Trinajstić information content (AvgIpc) is 2.92. The minimum Gasteiger partial charge on any atom is -0.492 e. The van der Waals surface area contributed by atoms with E-state index in [1.54, 1.807) is 12.1 Å². The van der Waals surface area contributed by atoms with E-state index in [2.05, 4.69) is 0 Å². The van der Waals surface area contributed by atoms with Gasteiger partial charge in [0.05, 0.1) is 11.4 Å². The van der Waals surface area contributed by atoms with Crippen LogP contribution in [0.1, 0.15) is 5.56 Å². The van der Waals surface area contributed by atoms with E-state index in [9.17, 15) is 4.39 Å². The molecule has 0 unspecified atom stereocenters. The average molecular weight is 288 g/mol. The molecule has 0 radical (unpaired) electrons. The zero-order chi connectivity index (χ0) is 14.8. The molecule has 0 fully saturated rings. The predicted molar refractivity (Wildman–Crippen MR) is 79.8 cm³/mol. The lowest BCUT2D eigenvalue weighted by atomic mass is 10.1. The molecule has 0 atom stereocenters. The highest BCUT2D eigenvalue weighted by atomic mass is 19.1. The maximum atomic E-state index is 13.9. The van der Waals surface area contributed by atoms with Gasteiger partial charge in [-0.2, -0.15) is 0 Å². The molecule has 1 aliphatic rings. The summed E-state index contributed by atoms with van der Waals surface area (Å²) in [5.41, 5.74) is 7.70. The quantitative estimate of drug-likeness (QED) is 0.939. The van der Waals surface area contributed by atoms with Crippen molar-refractivity contribution in [2.45, 2.75) is 6.92 Å². The second-order valence-corrected chi connectivity index (χ2v) is 4.83. The summed E-state index contributed by atoms with van der Waals surface area (Å²) in [4.78, 5) is 1.81. The van der Waals surface area contributed by atoms with Crippen molar-refractivity contribution in [3.8, 4) is 11.5 Å². The number of rotatable bonds is 4. The lowest BCUT2D eigenvalue weighted by molar-refractivity contribution is 0.319. The summed E-state index contributed by atoms with van der Waals surface area (Å²) in [7, 11) is 0. The fraction of sp³-hybridized carbons (Fsp3) is 0.250. The van der Waals surface area contributed by atoms with Crippen molar-refractivity contribution in [2.24, 2.45) is 5.73 Å². The van der Waals surface area contributed by atoms with E-state index in [4.69, 9.17) is 15.2 Å². The number of hydrogen-bond donors (Lipinski definition) is 1. The highest BCUT2D eigenvalue weighted by Gasteiger charge is 2.26. The Kier molecular flexibility index (Phi) is 3.66. The standard InChI is InChI=1S/C16H17FN2O2/c1-11-15(20-9-8-18)7-6-14-16(11)21-10-19(14)13-5-3-2-4-12(13)17/h2-7H,8-10,18H2,1H3. The first kappa shape index (κ1) is 13.7. The number of hydrogen-bond acceptors (Lipinski definition) is 4. The van der Waals surface area contributed by atoms with Gasteiger partial charge in [-0.15, -0.1) is 0 Å². The number of fused-ring (bicyclic) bond motifs is 1. The zero-order valence-electron chi connectivity index (χ0n) is 11.8. The van der Waals surface area contributed by atoms with Gasteiger partial charge in [0.2, 0.25) is 0 Å². The van der Waals surface area contributed by atoms with Gasteiger partial charge < -0.3 is 20.1 Å². The molecule has 1 heterocycles. The first-order chi connectivity index (χ1) is 10.2. The molecule has 21 heavy (non-hydrogen) atoms. The largest absolute Gasteiger partial charge is 0.492 e. The van der Waals surface area contributed by atoms with Crippen molar-refractivity contribution in [2.75, 3.05) is 24.8 Å². The maximum absolute atomic E-state index is 13.9. The lowest BCUT2D eigenvalue weighted by Gasteiger charge is -2.17. The van der Waals surface area contributed by atoms with Crippen LogP contribution < -0.4 is 20.1 Å². The second-order valence-electron chi connectivity index (χ2n) is 4.83. The highest BCUT2D eigenvalue weighted by Crippen LogP contribution is 2.44. The van der Waals surface area contributed by atoms with Crippen LogP contribution in [0.3, 0.4) is 0 Å². The Bertz CT molecular complexity index is 661. The van der Waals surface area contributed by atoms with Gasteiger partial charge in [0.1, 0.15) is 18.2 Å². The van der Waals surface area contributed by atoms with Gasteiger partial charge in [-0.25, -0.2) is 4.39 Å². The van der Waals surface area contributed by atoms with Crippen LogP contribution in [0.15, 0.2) is 36.4 Å². The summed E-state index contributed by atoms with van der Waals surface area (Å²) in [5.74, 6) is 1.21. The molecular weight excluding hydrogens is 271 g/mol. The van der Waals surface area contributed by atoms with Gasteiger partial charge in [-0.3, -0.25) is 0 Å². The van der Waals surface area contributed by atoms with Crippen molar-refractivity contribution in [1.29, 1.82) is 0 Å². The number of nitrogens with zero attached hydrogens (tertiary/aromatic N) is 1. The van der Waals surface area contributed by atoms with Crippen LogP contribution in [0, 0.1) is 12.7 Å². The summed E-state index contributed by atoms with van der Waals surface area (Å²) in [6, 6.07) is 10.4. The number of halogens is 1. The second kappa shape index (κ2) is 5.61.